The second kappa shape index (κ2) is 7.00. The first-order valence-corrected chi connectivity index (χ1v) is 9.33. The molecule has 0 saturated carbocycles. The summed E-state index contributed by atoms with van der Waals surface area (Å²) >= 11 is 1.51. The van der Waals surface area contributed by atoms with E-state index in [1.807, 2.05) is 32.0 Å². The summed E-state index contributed by atoms with van der Waals surface area (Å²) in [6.07, 6.45) is 2.86. The van der Waals surface area contributed by atoms with Crippen LogP contribution in [0.4, 0.5) is 5.00 Å². The highest BCUT2D eigenvalue weighted by Crippen LogP contribution is 2.40. The number of nitrogens with one attached hydrogen (secondary N) is 1. The molecule has 1 N–H and O–H groups in total. The van der Waals surface area contributed by atoms with Crippen molar-refractivity contribution >= 4 is 28.2 Å². The SMILES string of the molecule is COC(=O)c1c(NC(=O)c2ccc(C)c(C)c2)sc2c1CC[C@H](C)C2. The molecular weight excluding hydrogens is 334 g/mol. The molecule has 1 aliphatic rings. The molecule has 0 bridgehead atoms. The molecule has 0 unspecified atom stereocenters. The maximum atomic E-state index is 12.7. The molecule has 0 spiro atoms. The Morgan fingerprint density at radius 2 is 2.00 bits per heavy atom. The minimum absolute atomic E-state index is 0.195. The molecule has 5 heteroatoms. The summed E-state index contributed by atoms with van der Waals surface area (Å²) in [4.78, 5) is 26.1. The number of aryl methyl sites for hydroxylation is 2. The van der Waals surface area contributed by atoms with Crippen molar-refractivity contribution in [3.8, 4) is 0 Å². The van der Waals surface area contributed by atoms with Crippen LogP contribution < -0.4 is 5.32 Å². The number of amides is 1. The van der Waals surface area contributed by atoms with E-state index in [0.29, 0.717) is 22.0 Å². The Morgan fingerprint density at radius 1 is 1.24 bits per heavy atom. The summed E-state index contributed by atoms with van der Waals surface area (Å²) in [7, 11) is 1.38. The number of esters is 1. The van der Waals surface area contributed by atoms with Crippen molar-refractivity contribution < 1.29 is 14.3 Å². The number of fused-ring (bicyclic) bond motifs is 1. The largest absolute Gasteiger partial charge is 0.465 e. The van der Waals surface area contributed by atoms with Crippen LogP contribution in [0.3, 0.4) is 0 Å². The molecule has 1 heterocycles. The predicted molar refractivity (Wildman–Crippen MR) is 101 cm³/mol. The normalized spacial score (nSPS) is 16.2. The average Bonchev–Trinajstić information content (AvgIpc) is 2.93. The van der Waals surface area contributed by atoms with Crippen molar-refractivity contribution in [3.05, 3.63) is 50.9 Å². The standard InChI is InChI=1S/C20H23NO3S/c1-11-5-8-15-16(9-11)25-19(17(15)20(23)24-4)21-18(22)14-7-6-12(2)13(3)10-14/h6-7,10-11H,5,8-9H2,1-4H3,(H,21,22)/t11-/m0/s1. The topological polar surface area (TPSA) is 55.4 Å². The molecule has 4 nitrogen and oxygen atoms in total. The van der Waals surface area contributed by atoms with Gasteiger partial charge < -0.3 is 10.1 Å². The van der Waals surface area contributed by atoms with Gasteiger partial charge in [0.2, 0.25) is 0 Å². The molecule has 2 aromatic rings. The minimum Gasteiger partial charge on any atom is -0.465 e. The highest BCUT2D eigenvalue weighted by atomic mass is 32.1. The molecule has 25 heavy (non-hydrogen) atoms. The van der Waals surface area contributed by atoms with Gasteiger partial charge in [0, 0.05) is 10.4 Å². The second-order valence-electron chi connectivity index (χ2n) is 6.80. The summed E-state index contributed by atoms with van der Waals surface area (Å²) < 4.78 is 4.97. The fourth-order valence-corrected chi connectivity index (χ4v) is 4.61. The predicted octanol–water partition coefficient (Wildman–Crippen LogP) is 4.53. The van der Waals surface area contributed by atoms with E-state index in [-0.39, 0.29) is 11.9 Å². The number of hydrogen-bond acceptors (Lipinski definition) is 4. The van der Waals surface area contributed by atoms with E-state index in [0.717, 1.165) is 36.0 Å². The zero-order chi connectivity index (χ0) is 18.1. The number of methoxy groups -OCH3 is 1. The Kier molecular flexibility index (Phi) is 4.95. The maximum absolute atomic E-state index is 12.7. The first-order valence-electron chi connectivity index (χ1n) is 8.52. The van der Waals surface area contributed by atoms with Gasteiger partial charge in [0.05, 0.1) is 12.7 Å². The molecule has 1 atom stereocenters. The summed E-state index contributed by atoms with van der Waals surface area (Å²) in [5.74, 6) is 0.0299. The van der Waals surface area contributed by atoms with Gasteiger partial charge in [0.25, 0.3) is 5.91 Å². The summed E-state index contributed by atoms with van der Waals surface area (Å²) in [6.45, 7) is 6.21. The lowest BCUT2D eigenvalue weighted by Gasteiger charge is -2.18. The third-order valence-corrected chi connectivity index (χ3v) is 6.07. The van der Waals surface area contributed by atoms with Gasteiger partial charge in [-0.3, -0.25) is 4.79 Å². The molecule has 1 aromatic carbocycles. The van der Waals surface area contributed by atoms with Gasteiger partial charge >= 0.3 is 5.97 Å². The van der Waals surface area contributed by atoms with Crippen molar-refractivity contribution in [2.24, 2.45) is 5.92 Å². The molecule has 0 aliphatic heterocycles. The zero-order valence-electron chi connectivity index (χ0n) is 15.1. The molecule has 0 radical (unpaired) electrons. The quantitative estimate of drug-likeness (QED) is 0.821. The van der Waals surface area contributed by atoms with Crippen LogP contribution in [0.25, 0.3) is 0 Å². The van der Waals surface area contributed by atoms with Crippen molar-refractivity contribution in [2.45, 2.75) is 40.0 Å². The van der Waals surface area contributed by atoms with Crippen molar-refractivity contribution in [1.29, 1.82) is 0 Å². The van der Waals surface area contributed by atoms with Gasteiger partial charge in [-0.1, -0.05) is 13.0 Å². The van der Waals surface area contributed by atoms with E-state index in [1.54, 1.807) is 0 Å². The Labute approximate surface area is 152 Å². The van der Waals surface area contributed by atoms with Gasteiger partial charge in [0.1, 0.15) is 5.00 Å². The van der Waals surface area contributed by atoms with Crippen molar-refractivity contribution in [3.63, 3.8) is 0 Å². The fraction of sp³-hybridized carbons (Fsp3) is 0.400. The van der Waals surface area contributed by atoms with Crippen LogP contribution in [0.15, 0.2) is 18.2 Å². The van der Waals surface area contributed by atoms with Crippen LogP contribution in [0, 0.1) is 19.8 Å². The van der Waals surface area contributed by atoms with E-state index in [9.17, 15) is 9.59 Å². The lowest BCUT2D eigenvalue weighted by molar-refractivity contribution is 0.0601. The smallest absolute Gasteiger partial charge is 0.341 e. The monoisotopic (exact) mass is 357 g/mol. The number of anilines is 1. The number of ether oxygens (including phenoxy) is 1. The van der Waals surface area contributed by atoms with Crippen LogP contribution in [0.2, 0.25) is 0 Å². The Balaban J connectivity index is 1.95. The number of benzene rings is 1. The Hall–Kier alpha value is -2.14. The van der Waals surface area contributed by atoms with Crippen molar-refractivity contribution in [1.82, 2.24) is 0 Å². The number of thiophene rings is 1. The number of hydrogen-bond donors (Lipinski definition) is 1. The third-order valence-electron chi connectivity index (χ3n) is 4.90. The molecule has 1 aromatic heterocycles. The van der Waals surface area contributed by atoms with Crippen LogP contribution >= 0.6 is 11.3 Å². The van der Waals surface area contributed by atoms with Crippen LogP contribution in [-0.4, -0.2) is 19.0 Å². The third kappa shape index (κ3) is 3.47. The van der Waals surface area contributed by atoms with Crippen LogP contribution in [-0.2, 0) is 17.6 Å². The first kappa shape index (κ1) is 17.7. The summed E-state index contributed by atoms with van der Waals surface area (Å²) in [5.41, 5.74) is 4.39. The van der Waals surface area contributed by atoms with Gasteiger partial charge in [-0.2, -0.15) is 0 Å². The van der Waals surface area contributed by atoms with Gasteiger partial charge in [-0.05, 0) is 67.9 Å². The summed E-state index contributed by atoms with van der Waals surface area (Å²) in [5, 5.41) is 3.55. The fourth-order valence-electron chi connectivity index (χ4n) is 3.21. The minimum atomic E-state index is -0.373. The summed E-state index contributed by atoms with van der Waals surface area (Å²) in [6, 6.07) is 5.62. The molecule has 132 valence electrons. The van der Waals surface area contributed by atoms with E-state index in [2.05, 4.69) is 12.2 Å². The number of carbonyl (C=O) groups excluding carboxylic acids is 2. The van der Waals surface area contributed by atoms with E-state index in [1.165, 1.54) is 23.3 Å². The molecular formula is C20H23NO3S. The Morgan fingerprint density at radius 3 is 2.68 bits per heavy atom. The zero-order valence-corrected chi connectivity index (χ0v) is 15.9. The maximum Gasteiger partial charge on any atom is 0.341 e. The molecule has 1 aliphatic carbocycles. The Bertz CT molecular complexity index is 838. The first-order chi connectivity index (χ1) is 11.9. The van der Waals surface area contributed by atoms with E-state index < -0.39 is 0 Å². The van der Waals surface area contributed by atoms with Gasteiger partial charge in [-0.25, -0.2) is 4.79 Å². The van der Waals surface area contributed by atoms with Crippen LogP contribution in [0.5, 0.6) is 0 Å². The highest BCUT2D eigenvalue weighted by molar-refractivity contribution is 7.17. The van der Waals surface area contributed by atoms with Gasteiger partial charge in [0.15, 0.2) is 0 Å². The number of carbonyl (C=O) groups is 2. The van der Waals surface area contributed by atoms with Crippen LogP contribution in [0.1, 0.15) is 55.6 Å². The van der Waals surface area contributed by atoms with E-state index in [4.69, 9.17) is 4.74 Å². The van der Waals surface area contributed by atoms with Crippen molar-refractivity contribution in [2.75, 3.05) is 12.4 Å². The van der Waals surface area contributed by atoms with E-state index >= 15 is 0 Å². The highest BCUT2D eigenvalue weighted by Gasteiger charge is 2.29. The lowest BCUT2D eigenvalue weighted by atomic mass is 9.88. The molecule has 1 amide bonds. The average molecular weight is 357 g/mol. The lowest BCUT2D eigenvalue weighted by Crippen LogP contribution is -2.16. The molecule has 0 saturated heterocycles. The number of rotatable bonds is 3. The second-order valence-corrected chi connectivity index (χ2v) is 7.91. The molecule has 3 rings (SSSR count). The van der Waals surface area contributed by atoms with Gasteiger partial charge in [-0.15, -0.1) is 11.3 Å². The molecule has 0 fully saturated rings.